The number of aromatic nitrogens is 1. The Morgan fingerprint density at radius 3 is 2.45 bits per heavy atom. The lowest BCUT2D eigenvalue weighted by atomic mass is 9.95. The van der Waals surface area contributed by atoms with Gasteiger partial charge in [0, 0.05) is 11.8 Å². The van der Waals surface area contributed by atoms with Gasteiger partial charge in [-0.15, -0.1) is 0 Å². The van der Waals surface area contributed by atoms with Crippen LogP contribution in [-0.4, -0.2) is 28.4 Å². The third-order valence-electron chi connectivity index (χ3n) is 4.79. The normalized spacial score (nSPS) is 10.9. The second-order valence-corrected chi connectivity index (χ2v) is 7.64. The van der Waals surface area contributed by atoms with E-state index in [2.05, 4.69) is 46.9 Å². The maximum Gasteiger partial charge on any atom is 0.306 e. The molecule has 0 spiro atoms. The lowest BCUT2D eigenvalue weighted by Gasteiger charge is -2.13. The topological polar surface area (TPSA) is 76.5 Å². The number of halogens is 1. The summed E-state index contributed by atoms with van der Waals surface area (Å²) >= 11 is 3.38. The third-order valence-corrected chi connectivity index (χ3v) is 5.60. The minimum atomic E-state index is -0.447. The van der Waals surface area contributed by atoms with Crippen molar-refractivity contribution in [3.8, 4) is 16.9 Å². The summed E-state index contributed by atoms with van der Waals surface area (Å²) in [5, 5.41) is 11.2. The number of aromatic hydroxyl groups is 1. The summed E-state index contributed by atoms with van der Waals surface area (Å²) in [7, 11) is 0. The van der Waals surface area contributed by atoms with Gasteiger partial charge in [0.1, 0.15) is 5.69 Å². The van der Waals surface area contributed by atoms with Crippen molar-refractivity contribution in [3.05, 3.63) is 57.7 Å². The van der Waals surface area contributed by atoms with E-state index in [4.69, 9.17) is 4.74 Å². The number of ether oxygens (including phenoxy) is 1. The fourth-order valence-corrected chi connectivity index (χ4v) is 3.92. The van der Waals surface area contributed by atoms with E-state index < -0.39 is 11.8 Å². The van der Waals surface area contributed by atoms with Crippen LogP contribution in [0.4, 0.5) is 0 Å². The summed E-state index contributed by atoms with van der Waals surface area (Å²) in [5.74, 6) is -1.07. The highest BCUT2D eigenvalue weighted by atomic mass is 79.9. The SMILES string of the molecule is CCOC(=O)CCC(=O)c1nc2cc(-c3c(C)cccc3C)ccc2c(Br)c1O. The number of esters is 1. The molecule has 0 saturated carbocycles. The van der Waals surface area contributed by atoms with Crippen LogP contribution in [0.1, 0.15) is 41.4 Å². The summed E-state index contributed by atoms with van der Waals surface area (Å²) in [6.45, 7) is 6.08. The van der Waals surface area contributed by atoms with Gasteiger partial charge in [0.2, 0.25) is 0 Å². The fraction of sp³-hybridized carbons (Fsp3) is 0.261. The molecule has 0 aliphatic heterocycles. The van der Waals surface area contributed by atoms with Crippen LogP contribution in [-0.2, 0) is 9.53 Å². The maximum absolute atomic E-state index is 12.6. The van der Waals surface area contributed by atoms with Crippen molar-refractivity contribution < 1.29 is 19.4 Å². The molecule has 0 unspecified atom stereocenters. The largest absolute Gasteiger partial charge is 0.504 e. The average molecular weight is 456 g/mol. The number of hydrogen-bond acceptors (Lipinski definition) is 5. The van der Waals surface area contributed by atoms with Crippen LogP contribution in [0.5, 0.6) is 5.75 Å². The van der Waals surface area contributed by atoms with Crippen LogP contribution in [0, 0.1) is 13.8 Å². The van der Waals surface area contributed by atoms with Gasteiger partial charge in [-0.05, 0) is 65.0 Å². The molecule has 3 rings (SSSR count). The Balaban J connectivity index is 2.03. The molecule has 3 aromatic rings. The van der Waals surface area contributed by atoms with Crippen LogP contribution in [0.2, 0.25) is 0 Å². The number of aryl methyl sites for hydroxylation is 2. The predicted molar refractivity (Wildman–Crippen MR) is 116 cm³/mol. The molecule has 2 aromatic carbocycles. The summed E-state index contributed by atoms with van der Waals surface area (Å²) in [5.41, 5.74) is 4.95. The number of nitrogens with zero attached hydrogens (tertiary/aromatic N) is 1. The zero-order valence-corrected chi connectivity index (χ0v) is 18.2. The third kappa shape index (κ3) is 4.32. The van der Waals surface area contributed by atoms with E-state index in [9.17, 15) is 14.7 Å². The van der Waals surface area contributed by atoms with Crippen LogP contribution >= 0.6 is 15.9 Å². The molecule has 0 atom stereocenters. The van der Waals surface area contributed by atoms with Gasteiger partial charge < -0.3 is 9.84 Å². The minimum absolute atomic E-state index is 0.0488. The molecule has 5 nitrogen and oxygen atoms in total. The number of carbonyl (C=O) groups excluding carboxylic acids is 2. The molecule has 0 amide bonds. The highest BCUT2D eigenvalue weighted by Gasteiger charge is 2.20. The van der Waals surface area contributed by atoms with Crippen LogP contribution < -0.4 is 0 Å². The molecule has 0 bridgehead atoms. The minimum Gasteiger partial charge on any atom is -0.504 e. The van der Waals surface area contributed by atoms with Crippen molar-refractivity contribution in [2.75, 3.05) is 6.61 Å². The molecule has 29 heavy (non-hydrogen) atoms. The van der Waals surface area contributed by atoms with Crippen molar-refractivity contribution in [1.82, 2.24) is 4.98 Å². The molecular formula is C23H22BrNO4. The van der Waals surface area contributed by atoms with E-state index >= 15 is 0 Å². The van der Waals surface area contributed by atoms with Crippen LogP contribution in [0.3, 0.4) is 0 Å². The lowest BCUT2D eigenvalue weighted by molar-refractivity contribution is -0.143. The standard InChI is InChI=1S/C23H22BrNO4/c1-4-29-19(27)11-10-18(26)22-23(28)21(24)16-9-8-15(12-17(16)25-22)20-13(2)6-5-7-14(20)3/h5-9,12,28H,4,10-11H2,1-3H3. The van der Waals surface area contributed by atoms with Crippen molar-refractivity contribution in [2.24, 2.45) is 0 Å². The Hall–Kier alpha value is -2.73. The molecule has 0 saturated heterocycles. The van der Waals surface area contributed by atoms with Crippen molar-refractivity contribution in [2.45, 2.75) is 33.6 Å². The first-order valence-corrected chi connectivity index (χ1v) is 10.2. The maximum atomic E-state index is 12.6. The van der Waals surface area contributed by atoms with E-state index in [-0.39, 0.29) is 30.9 Å². The number of hydrogen-bond donors (Lipinski definition) is 1. The van der Waals surface area contributed by atoms with E-state index in [0.717, 1.165) is 22.3 Å². The van der Waals surface area contributed by atoms with Gasteiger partial charge in [0.15, 0.2) is 11.5 Å². The predicted octanol–water partition coefficient (Wildman–Crippen LogP) is 5.51. The molecule has 1 heterocycles. The highest BCUT2D eigenvalue weighted by molar-refractivity contribution is 9.10. The number of rotatable bonds is 6. The molecule has 0 aliphatic rings. The zero-order chi connectivity index (χ0) is 21.1. The number of Topliss-reactive ketones (excluding diaryl/α,β-unsaturated/α-hetero) is 1. The molecule has 0 aliphatic carbocycles. The van der Waals surface area contributed by atoms with Crippen molar-refractivity contribution >= 4 is 38.6 Å². The Morgan fingerprint density at radius 2 is 1.79 bits per heavy atom. The van der Waals surface area contributed by atoms with Crippen LogP contribution in [0.25, 0.3) is 22.0 Å². The second-order valence-electron chi connectivity index (χ2n) is 6.85. The Kier molecular flexibility index (Phi) is 6.33. The zero-order valence-electron chi connectivity index (χ0n) is 16.6. The molecule has 150 valence electrons. The molecule has 6 heteroatoms. The van der Waals surface area contributed by atoms with Crippen molar-refractivity contribution in [3.63, 3.8) is 0 Å². The average Bonchev–Trinajstić information content (AvgIpc) is 2.69. The van der Waals surface area contributed by atoms with E-state index in [1.807, 2.05) is 24.3 Å². The van der Waals surface area contributed by atoms with E-state index in [0.29, 0.717) is 15.4 Å². The van der Waals surface area contributed by atoms with Crippen molar-refractivity contribution in [1.29, 1.82) is 0 Å². The Morgan fingerprint density at radius 1 is 1.10 bits per heavy atom. The van der Waals surface area contributed by atoms with Gasteiger partial charge in [-0.2, -0.15) is 0 Å². The summed E-state index contributed by atoms with van der Waals surface area (Å²) in [6.07, 6.45) is -0.125. The quantitative estimate of drug-likeness (QED) is 0.391. The lowest BCUT2D eigenvalue weighted by Crippen LogP contribution is -2.09. The van der Waals surface area contributed by atoms with Crippen LogP contribution in [0.15, 0.2) is 40.9 Å². The summed E-state index contributed by atoms with van der Waals surface area (Å²) < 4.78 is 5.27. The summed E-state index contributed by atoms with van der Waals surface area (Å²) in [4.78, 5) is 28.5. The Bertz CT molecular complexity index is 1090. The number of pyridine rings is 1. The molecule has 0 fully saturated rings. The highest BCUT2D eigenvalue weighted by Crippen LogP contribution is 2.37. The first-order valence-electron chi connectivity index (χ1n) is 9.41. The Labute approximate surface area is 177 Å². The molecule has 0 radical (unpaired) electrons. The smallest absolute Gasteiger partial charge is 0.306 e. The number of fused-ring (bicyclic) bond motifs is 1. The molecular weight excluding hydrogens is 434 g/mol. The van der Waals surface area contributed by atoms with Gasteiger partial charge in [0.25, 0.3) is 0 Å². The molecule has 1 N–H and O–H groups in total. The fourth-order valence-electron chi connectivity index (χ4n) is 3.40. The van der Waals surface area contributed by atoms with Gasteiger partial charge >= 0.3 is 5.97 Å². The van der Waals surface area contributed by atoms with Gasteiger partial charge in [0.05, 0.1) is 23.0 Å². The number of ketones is 1. The van der Waals surface area contributed by atoms with Gasteiger partial charge in [-0.25, -0.2) is 4.98 Å². The van der Waals surface area contributed by atoms with E-state index in [1.165, 1.54) is 0 Å². The van der Waals surface area contributed by atoms with E-state index in [1.54, 1.807) is 6.92 Å². The molecule has 1 aromatic heterocycles. The van der Waals surface area contributed by atoms with Gasteiger partial charge in [-0.1, -0.05) is 30.3 Å². The second kappa shape index (κ2) is 8.74. The monoisotopic (exact) mass is 455 g/mol. The first-order chi connectivity index (χ1) is 13.8. The number of benzene rings is 2. The van der Waals surface area contributed by atoms with Gasteiger partial charge in [-0.3, -0.25) is 9.59 Å². The first kappa shape index (κ1) is 21.0. The number of carbonyl (C=O) groups is 2. The summed E-state index contributed by atoms with van der Waals surface area (Å²) in [6, 6.07) is 11.9.